The number of aliphatic hydroxyl groups excluding tert-OH is 1. The predicted octanol–water partition coefficient (Wildman–Crippen LogP) is 1.54. The van der Waals surface area contributed by atoms with Crippen molar-refractivity contribution in [2.75, 3.05) is 19.7 Å². The van der Waals surface area contributed by atoms with Crippen LogP contribution < -0.4 is 10.6 Å². The topological polar surface area (TPSA) is 61.4 Å². The van der Waals surface area contributed by atoms with Crippen LogP contribution in [0.3, 0.4) is 0 Å². The SMILES string of the molecule is CC(C)C(CCO)NC(=O)C(C)(C)C1CCCNC1. The minimum Gasteiger partial charge on any atom is -0.396 e. The molecule has 2 unspecified atom stereocenters. The molecule has 3 N–H and O–H groups in total. The van der Waals surface area contributed by atoms with Gasteiger partial charge in [0.2, 0.25) is 5.91 Å². The predicted molar refractivity (Wildman–Crippen MR) is 77.8 cm³/mol. The summed E-state index contributed by atoms with van der Waals surface area (Å²) in [6, 6.07) is 0.0633. The van der Waals surface area contributed by atoms with Crippen molar-refractivity contribution in [1.29, 1.82) is 0 Å². The Morgan fingerprint density at radius 2 is 2.16 bits per heavy atom. The zero-order valence-electron chi connectivity index (χ0n) is 12.8. The van der Waals surface area contributed by atoms with Crippen molar-refractivity contribution in [3.8, 4) is 0 Å². The summed E-state index contributed by atoms with van der Waals surface area (Å²) < 4.78 is 0. The van der Waals surface area contributed by atoms with Gasteiger partial charge < -0.3 is 15.7 Å². The summed E-state index contributed by atoms with van der Waals surface area (Å²) in [5.41, 5.74) is -0.351. The zero-order valence-corrected chi connectivity index (χ0v) is 12.8. The number of piperidine rings is 1. The van der Waals surface area contributed by atoms with Crippen molar-refractivity contribution in [1.82, 2.24) is 10.6 Å². The summed E-state index contributed by atoms with van der Waals surface area (Å²) in [4.78, 5) is 12.5. The quantitative estimate of drug-likeness (QED) is 0.686. The van der Waals surface area contributed by atoms with Crippen LogP contribution in [0.1, 0.15) is 47.0 Å². The lowest BCUT2D eigenvalue weighted by atomic mass is 9.74. The Morgan fingerprint density at radius 1 is 1.47 bits per heavy atom. The van der Waals surface area contributed by atoms with Crippen LogP contribution in [-0.2, 0) is 4.79 Å². The highest BCUT2D eigenvalue weighted by atomic mass is 16.3. The summed E-state index contributed by atoms with van der Waals surface area (Å²) in [6.45, 7) is 10.3. The Hall–Kier alpha value is -0.610. The maximum absolute atomic E-state index is 12.5. The van der Waals surface area contributed by atoms with Gasteiger partial charge in [-0.1, -0.05) is 27.7 Å². The first-order valence-corrected chi connectivity index (χ1v) is 7.52. The van der Waals surface area contributed by atoms with Crippen LogP contribution in [0.2, 0.25) is 0 Å². The highest BCUT2D eigenvalue weighted by Crippen LogP contribution is 2.32. The standard InChI is InChI=1S/C15H30N2O2/c1-11(2)13(7-9-18)17-14(19)15(3,4)12-6-5-8-16-10-12/h11-13,16,18H,5-10H2,1-4H3,(H,17,19). The highest BCUT2D eigenvalue weighted by Gasteiger charge is 2.38. The molecule has 19 heavy (non-hydrogen) atoms. The van der Waals surface area contributed by atoms with E-state index in [4.69, 9.17) is 5.11 Å². The Labute approximate surface area is 117 Å². The Morgan fingerprint density at radius 3 is 2.63 bits per heavy atom. The first-order valence-electron chi connectivity index (χ1n) is 7.52. The second-order valence-corrected chi connectivity index (χ2v) is 6.60. The molecule has 4 nitrogen and oxygen atoms in total. The number of nitrogens with one attached hydrogen (secondary N) is 2. The molecule has 4 heteroatoms. The van der Waals surface area contributed by atoms with Crippen molar-refractivity contribution in [3.63, 3.8) is 0 Å². The first-order chi connectivity index (χ1) is 8.89. The van der Waals surface area contributed by atoms with E-state index in [2.05, 4.69) is 24.5 Å². The molecule has 0 aromatic heterocycles. The van der Waals surface area contributed by atoms with Gasteiger partial charge in [0.15, 0.2) is 0 Å². The third-order valence-electron chi connectivity index (χ3n) is 4.46. The highest BCUT2D eigenvalue weighted by molar-refractivity contribution is 5.82. The largest absolute Gasteiger partial charge is 0.396 e. The van der Waals surface area contributed by atoms with E-state index in [1.807, 2.05) is 13.8 Å². The van der Waals surface area contributed by atoms with Gasteiger partial charge >= 0.3 is 0 Å². The molecule has 2 atom stereocenters. The van der Waals surface area contributed by atoms with Gasteiger partial charge in [0.1, 0.15) is 0 Å². The van der Waals surface area contributed by atoms with Gasteiger partial charge in [0.05, 0.1) is 0 Å². The average molecular weight is 270 g/mol. The Balaban J connectivity index is 2.63. The minimum absolute atomic E-state index is 0.0633. The molecule has 1 rings (SSSR count). The van der Waals surface area contributed by atoms with E-state index >= 15 is 0 Å². The van der Waals surface area contributed by atoms with Gasteiger partial charge in [-0.25, -0.2) is 0 Å². The summed E-state index contributed by atoms with van der Waals surface area (Å²) in [5, 5.41) is 15.6. The molecule has 112 valence electrons. The van der Waals surface area contributed by atoms with E-state index in [-0.39, 0.29) is 24.0 Å². The molecule has 0 spiro atoms. The number of aliphatic hydroxyl groups is 1. The molecule has 0 aromatic rings. The minimum atomic E-state index is -0.351. The number of carbonyl (C=O) groups is 1. The van der Waals surface area contributed by atoms with E-state index in [1.54, 1.807) is 0 Å². The summed E-state index contributed by atoms with van der Waals surface area (Å²) in [5.74, 6) is 0.855. The van der Waals surface area contributed by atoms with E-state index in [1.165, 1.54) is 0 Å². The molecule has 1 heterocycles. The van der Waals surface area contributed by atoms with Crippen LogP contribution >= 0.6 is 0 Å². The van der Waals surface area contributed by atoms with E-state index in [9.17, 15) is 4.79 Å². The van der Waals surface area contributed by atoms with Gasteiger partial charge in [-0.05, 0) is 44.2 Å². The van der Waals surface area contributed by atoms with Crippen molar-refractivity contribution in [2.45, 2.75) is 53.0 Å². The van der Waals surface area contributed by atoms with Crippen molar-refractivity contribution in [3.05, 3.63) is 0 Å². The molecular formula is C15H30N2O2. The molecule has 1 saturated heterocycles. The molecule has 0 saturated carbocycles. The first kappa shape index (κ1) is 16.4. The van der Waals surface area contributed by atoms with Crippen LogP contribution in [0.15, 0.2) is 0 Å². The van der Waals surface area contributed by atoms with Crippen molar-refractivity contribution in [2.24, 2.45) is 17.3 Å². The van der Waals surface area contributed by atoms with Crippen molar-refractivity contribution >= 4 is 5.91 Å². The van der Waals surface area contributed by atoms with Crippen LogP contribution in [0.5, 0.6) is 0 Å². The lowest BCUT2D eigenvalue weighted by molar-refractivity contribution is -0.133. The molecule has 1 aliphatic heterocycles. The molecule has 0 aliphatic carbocycles. The molecule has 0 aromatic carbocycles. The smallest absolute Gasteiger partial charge is 0.226 e. The van der Waals surface area contributed by atoms with Gasteiger partial charge in [-0.2, -0.15) is 0 Å². The van der Waals surface area contributed by atoms with Crippen LogP contribution in [0.25, 0.3) is 0 Å². The van der Waals surface area contributed by atoms with Gasteiger partial charge in [-0.3, -0.25) is 4.79 Å². The fourth-order valence-corrected chi connectivity index (χ4v) is 2.72. The molecule has 1 amide bonds. The summed E-state index contributed by atoms with van der Waals surface area (Å²) >= 11 is 0. The second-order valence-electron chi connectivity index (χ2n) is 6.60. The number of amides is 1. The Bertz CT molecular complexity index is 284. The molecule has 1 fully saturated rings. The maximum atomic E-state index is 12.5. The molecule has 1 aliphatic rings. The molecular weight excluding hydrogens is 240 g/mol. The number of hydrogen-bond donors (Lipinski definition) is 3. The Kier molecular flexibility index (Phi) is 6.27. The lowest BCUT2D eigenvalue weighted by Gasteiger charge is -2.37. The van der Waals surface area contributed by atoms with Gasteiger partial charge in [-0.15, -0.1) is 0 Å². The molecule has 0 bridgehead atoms. The third kappa shape index (κ3) is 4.46. The van der Waals surface area contributed by atoms with Crippen LogP contribution in [0.4, 0.5) is 0 Å². The van der Waals surface area contributed by atoms with Crippen LogP contribution in [0, 0.1) is 17.3 Å². The number of carbonyl (C=O) groups excluding carboxylic acids is 1. The van der Waals surface area contributed by atoms with Gasteiger partial charge in [0, 0.05) is 18.1 Å². The third-order valence-corrected chi connectivity index (χ3v) is 4.46. The monoisotopic (exact) mass is 270 g/mol. The fourth-order valence-electron chi connectivity index (χ4n) is 2.72. The van der Waals surface area contributed by atoms with Crippen molar-refractivity contribution < 1.29 is 9.90 Å². The van der Waals surface area contributed by atoms with E-state index in [0.29, 0.717) is 18.3 Å². The lowest BCUT2D eigenvalue weighted by Crippen LogP contribution is -2.51. The summed E-state index contributed by atoms with van der Waals surface area (Å²) in [7, 11) is 0. The number of rotatable bonds is 6. The fraction of sp³-hybridized carbons (Fsp3) is 0.933. The molecule has 0 radical (unpaired) electrons. The number of hydrogen-bond acceptors (Lipinski definition) is 3. The van der Waals surface area contributed by atoms with Gasteiger partial charge in [0.25, 0.3) is 0 Å². The average Bonchev–Trinajstić information content (AvgIpc) is 2.38. The normalized spacial score (nSPS) is 22.3. The van der Waals surface area contributed by atoms with E-state index < -0.39 is 0 Å². The zero-order chi connectivity index (χ0) is 14.5. The van der Waals surface area contributed by atoms with E-state index in [0.717, 1.165) is 25.9 Å². The summed E-state index contributed by atoms with van der Waals surface area (Å²) in [6.07, 6.45) is 2.88. The maximum Gasteiger partial charge on any atom is 0.226 e. The second kappa shape index (κ2) is 7.25. The van der Waals surface area contributed by atoms with Crippen LogP contribution in [-0.4, -0.2) is 36.8 Å².